The molecule has 1 saturated heterocycles. The number of aromatic amines is 1. The van der Waals surface area contributed by atoms with Crippen LogP contribution in [0.5, 0.6) is 0 Å². The SMILES string of the molecule is CCN(CC)C(=O)NC1CCC(Cc2c(C3CCC3)[nH]c3cccc(C)c23)N(C)C1. The molecule has 1 aromatic heterocycles. The molecule has 0 spiro atoms. The van der Waals surface area contributed by atoms with Crippen molar-refractivity contribution in [3.8, 4) is 0 Å². The summed E-state index contributed by atoms with van der Waals surface area (Å²) in [4.78, 5) is 20.6. The fraction of sp³-hybridized carbons (Fsp3) is 0.640. The van der Waals surface area contributed by atoms with E-state index >= 15 is 0 Å². The van der Waals surface area contributed by atoms with Crippen molar-refractivity contribution >= 4 is 16.9 Å². The molecule has 1 saturated carbocycles. The molecule has 0 radical (unpaired) electrons. The van der Waals surface area contributed by atoms with Crippen LogP contribution in [0.2, 0.25) is 0 Å². The fourth-order valence-corrected chi connectivity index (χ4v) is 5.38. The van der Waals surface area contributed by atoms with Gasteiger partial charge in [0.25, 0.3) is 0 Å². The van der Waals surface area contributed by atoms with E-state index in [1.54, 1.807) is 5.56 Å². The number of aromatic nitrogens is 1. The number of hydrogen-bond acceptors (Lipinski definition) is 2. The minimum atomic E-state index is 0.0800. The standard InChI is InChI=1S/C25H38N4O/c1-5-29(6-2)25(30)26-19-13-14-20(28(4)16-19)15-21-23-17(3)9-7-12-22(23)27-24(21)18-10-8-11-18/h7,9,12,18-20,27H,5-6,8,10-11,13-16H2,1-4H3,(H,26,30). The summed E-state index contributed by atoms with van der Waals surface area (Å²) in [5.41, 5.74) is 5.73. The second-order valence-electron chi connectivity index (χ2n) is 9.34. The normalized spacial score (nSPS) is 22.8. The molecule has 30 heavy (non-hydrogen) atoms. The maximum atomic E-state index is 12.5. The molecule has 2 heterocycles. The second-order valence-corrected chi connectivity index (χ2v) is 9.34. The van der Waals surface area contributed by atoms with E-state index in [9.17, 15) is 4.79 Å². The van der Waals surface area contributed by atoms with Crippen molar-refractivity contribution in [3.05, 3.63) is 35.0 Å². The Morgan fingerprint density at radius 3 is 2.60 bits per heavy atom. The van der Waals surface area contributed by atoms with Crippen LogP contribution in [0.4, 0.5) is 4.79 Å². The number of nitrogens with zero attached hydrogens (tertiary/aromatic N) is 2. The number of amides is 2. The number of carbonyl (C=O) groups is 1. The maximum Gasteiger partial charge on any atom is 0.317 e. The number of rotatable bonds is 6. The first-order chi connectivity index (χ1) is 14.5. The van der Waals surface area contributed by atoms with E-state index in [4.69, 9.17) is 0 Å². The number of hydrogen-bond donors (Lipinski definition) is 2. The van der Waals surface area contributed by atoms with Crippen molar-refractivity contribution in [2.75, 3.05) is 26.7 Å². The van der Waals surface area contributed by atoms with Crippen LogP contribution in [0.25, 0.3) is 10.9 Å². The molecule has 1 aliphatic carbocycles. The van der Waals surface area contributed by atoms with E-state index in [0.717, 1.165) is 38.9 Å². The number of fused-ring (bicyclic) bond motifs is 1. The molecule has 164 valence electrons. The van der Waals surface area contributed by atoms with Crippen molar-refractivity contribution in [1.82, 2.24) is 20.1 Å². The van der Waals surface area contributed by atoms with Gasteiger partial charge < -0.3 is 20.1 Å². The molecule has 2 aliphatic rings. The number of likely N-dealkylation sites (N-methyl/N-ethyl adjacent to an activating group) is 1. The largest absolute Gasteiger partial charge is 0.358 e. The van der Waals surface area contributed by atoms with Gasteiger partial charge in [0.15, 0.2) is 0 Å². The number of piperidine rings is 1. The zero-order chi connectivity index (χ0) is 21.3. The highest BCUT2D eigenvalue weighted by atomic mass is 16.2. The van der Waals surface area contributed by atoms with E-state index in [-0.39, 0.29) is 12.1 Å². The molecule has 5 nitrogen and oxygen atoms in total. The Kier molecular flexibility index (Phi) is 6.37. The first kappa shape index (κ1) is 21.2. The van der Waals surface area contributed by atoms with Crippen LogP contribution in [0.1, 0.15) is 68.7 Å². The molecule has 2 aromatic rings. The van der Waals surface area contributed by atoms with Gasteiger partial charge in [-0.2, -0.15) is 0 Å². The average molecular weight is 411 g/mol. The third-order valence-corrected chi connectivity index (χ3v) is 7.48. The Labute approximate surface area is 181 Å². The Hall–Kier alpha value is -2.01. The topological polar surface area (TPSA) is 51.4 Å². The van der Waals surface area contributed by atoms with E-state index in [1.165, 1.54) is 41.4 Å². The molecule has 2 amide bonds. The van der Waals surface area contributed by atoms with Crippen LogP contribution in [-0.4, -0.2) is 59.6 Å². The van der Waals surface area contributed by atoms with Crippen LogP contribution in [0.3, 0.4) is 0 Å². The first-order valence-corrected chi connectivity index (χ1v) is 11.9. The van der Waals surface area contributed by atoms with Crippen LogP contribution in [0.15, 0.2) is 18.2 Å². The van der Waals surface area contributed by atoms with Crippen LogP contribution >= 0.6 is 0 Å². The molecule has 1 aliphatic heterocycles. The number of urea groups is 1. The average Bonchev–Trinajstić information content (AvgIpc) is 3.02. The maximum absolute atomic E-state index is 12.5. The molecular weight excluding hydrogens is 372 g/mol. The van der Waals surface area contributed by atoms with Crippen LogP contribution in [-0.2, 0) is 6.42 Å². The predicted molar refractivity (Wildman–Crippen MR) is 124 cm³/mol. The summed E-state index contributed by atoms with van der Waals surface area (Å²) in [7, 11) is 2.23. The third kappa shape index (κ3) is 4.09. The van der Waals surface area contributed by atoms with Crippen molar-refractivity contribution in [2.24, 2.45) is 0 Å². The van der Waals surface area contributed by atoms with Gasteiger partial charge in [0.05, 0.1) is 0 Å². The molecule has 4 rings (SSSR count). The smallest absolute Gasteiger partial charge is 0.317 e. The Balaban J connectivity index is 1.48. The summed E-state index contributed by atoms with van der Waals surface area (Å²) >= 11 is 0. The van der Waals surface area contributed by atoms with Gasteiger partial charge in [0.2, 0.25) is 0 Å². The molecule has 2 fully saturated rings. The lowest BCUT2D eigenvalue weighted by molar-refractivity contribution is 0.145. The minimum Gasteiger partial charge on any atom is -0.358 e. The van der Waals surface area contributed by atoms with Gasteiger partial charge in [-0.25, -0.2) is 4.79 Å². The van der Waals surface area contributed by atoms with Crippen LogP contribution < -0.4 is 5.32 Å². The summed E-state index contributed by atoms with van der Waals surface area (Å²) in [6, 6.07) is 7.50. The van der Waals surface area contributed by atoms with Crippen molar-refractivity contribution in [2.45, 2.75) is 77.3 Å². The van der Waals surface area contributed by atoms with Gasteiger partial charge >= 0.3 is 6.03 Å². The molecule has 2 N–H and O–H groups in total. The van der Waals surface area contributed by atoms with Gasteiger partial charge in [-0.1, -0.05) is 18.6 Å². The molecule has 5 heteroatoms. The van der Waals surface area contributed by atoms with Crippen LogP contribution in [0, 0.1) is 6.92 Å². The zero-order valence-electron chi connectivity index (χ0n) is 19.1. The lowest BCUT2D eigenvalue weighted by Crippen LogP contribution is -2.53. The Morgan fingerprint density at radius 2 is 1.97 bits per heavy atom. The molecule has 2 unspecified atom stereocenters. The quantitative estimate of drug-likeness (QED) is 0.719. The summed E-state index contributed by atoms with van der Waals surface area (Å²) in [6.45, 7) is 8.77. The van der Waals surface area contributed by atoms with Gasteiger partial charge in [-0.3, -0.25) is 0 Å². The number of aryl methyl sites for hydroxylation is 1. The zero-order valence-corrected chi connectivity index (χ0v) is 19.1. The van der Waals surface area contributed by atoms with Crippen molar-refractivity contribution in [3.63, 3.8) is 0 Å². The van der Waals surface area contributed by atoms with Gasteiger partial charge in [0, 0.05) is 48.3 Å². The molecule has 1 aromatic carbocycles. The lowest BCUT2D eigenvalue weighted by atomic mass is 9.80. The highest BCUT2D eigenvalue weighted by Gasteiger charge is 2.31. The number of H-pyrrole nitrogens is 1. The second kappa shape index (κ2) is 9.01. The van der Waals surface area contributed by atoms with E-state index in [2.05, 4.69) is 47.4 Å². The van der Waals surface area contributed by atoms with Gasteiger partial charge in [-0.05, 0) is 83.0 Å². The summed E-state index contributed by atoms with van der Waals surface area (Å²) in [5.74, 6) is 0.710. The van der Waals surface area contributed by atoms with E-state index < -0.39 is 0 Å². The monoisotopic (exact) mass is 410 g/mol. The Bertz CT molecular complexity index is 881. The van der Waals surface area contributed by atoms with Gasteiger partial charge in [-0.15, -0.1) is 0 Å². The predicted octanol–water partition coefficient (Wildman–Crippen LogP) is 4.80. The summed E-state index contributed by atoms with van der Waals surface area (Å²) in [6.07, 6.45) is 7.28. The lowest BCUT2D eigenvalue weighted by Gasteiger charge is -2.38. The third-order valence-electron chi connectivity index (χ3n) is 7.48. The summed E-state index contributed by atoms with van der Waals surface area (Å²) < 4.78 is 0. The minimum absolute atomic E-state index is 0.0800. The Morgan fingerprint density at radius 1 is 1.20 bits per heavy atom. The number of nitrogens with one attached hydrogen (secondary N) is 2. The van der Waals surface area contributed by atoms with Crippen molar-refractivity contribution in [1.29, 1.82) is 0 Å². The molecular formula is C25H38N4O. The highest BCUT2D eigenvalue weighted by Crippen LogP contribution is 2.41. The number of benzene rings is 1. The molecule has 0 bridgehead atoms. The van der Waals surface area contributed by atoms with Crippen molar-refractivity contribution < 1.29 is 4.79 Å². The summed E-state index contributed by atoms with van der Waals surface area (Å²) in [5, 5.41) is 4.71. The number of carbonyl (C=O) groups excluding carboxylic acids is 1. The fourth-order valence-electron chi connectivity index (χ4n) is 5.38. The molecule has 2 atom stereocenters. The number of likely N-dealkylation sites (tertiary alicyclic amines) is 1. The van der Waals surface area contributed by atoms with E-state index in [1.807, 2.05) is 18.7 Å². The van der Waals surface area contributed by atoms with E-state index in [0.29, 0.717) is 12.0 Å². The highest BCUT2D eigenvalue weighted by molar-refractivity contribution is 5.88. The first-order valence-electron chi connectivity index (χ1n) is 11.9. The van der Waals surface area contributed by atoms with Gasteiger partial charge in [0.1, 0.15) is 0 Å².